The molecule has 0 saturated carbocycles. The normalized spacial score (nSPS) is 11.3. The Bertz CT molecular complexity index is 502. The lowest BCUT2D eigenvalue weighted by Gasteiger charge is -2.15. The van der Waals surface area contributed by atoms with Crippen LogP contribution in [0.5, 0.6) is 0 Å². The molecular weight excluding hydrogens is 273 g/mol. The topological polar surface area (TPSA) is 95.7 Å². The molecule has 19 heavy (non-hydrogen) atoms. The molecule has 0 amide bonds. The van der Waals surface area contributed by atoms with Crippen LogP contribution in [0.3, 0.4) is 0 Å². The van der Waals surface area contributed by atoms with Crippen LogP contribution in [0.2, 0.25) is 0 Å². The first-order chi connectivity index (χ1) is 8.94. The lowest BCUT2D eigenvalue weighted by atomic mass is 10.2. The molecule has 1 aromatic carbocycles. The first-order valence-corrected chi connectivity index (χ1v) is 7.17. The molecule has 0 heterocycles. The number of nitro groups is 1. The van der Waals surface area contributed by atoms with E-state index in [4.69, 9.17) is 9.05 Å². The van der Waals surface area contributed by atoms with Gasteiger partial charge in [0.2, 0.25) is 0 Å². The summed E-state index contributed by atoms with van der Waals surface area (Å²) in [5, 5.41) is 10.5. The van der Waals surface area contributed by atoms with Crippen molar-refractivity contribution in [2.45, 2.75) is 13.8 Å². The van der Waals surface area contributed by atoms with Gasteiger partial charge in [-0.05, 0) is 26.0 Å². The van der Waals surface area contributed by atoms with Gasteiger partial charge in [0.15, 0.2) is 0 Å². The van der Waals surface area contributed by atoms with Crippen molar-refractivity contribution in [2.75, 3.05) is 13.2 Å². The summed E-state index contributed by atoms with van der Waals surface area (Å²) in [5.41, 5.74) is -0.902. The first-order valence-electron chi connectivity index (χ1n) is 5.63. The highest BCUT2D eigenvalue weighted by atomic mass is 31.2. The number of rotatable bonds is 7. The van der Waals surface area contributed by atoms with Gasteiger partial charge in [0.05, 0.1) is 18.1 Å². The van der Waals surface area contributed by atoms with Gasteiger partial charge in [0.25, 0.3) is 11.2 Å². The van der Waals surface area contributed by atoms with Crippen LogP contribution in [-0.2, 0) is 13.6 Å². The fourth-order valence-electron chi connectivity index (χ4n) is 1.38. The van der Waals surface area contributed by atoms with Gasteiger partial charge in [0.1, 0.15) is 0 Å². The number of carbonyl (C=O) groups is 1. The van der Waals surface area contributed by atoms with Crippen molar-refractivity contribution < 1.29 is 23.3 Å². The van der Waals surface area contributed by atoms with E-state index in [-0.39, 0.29) is 24.5 Å². The zero-order valence-corrected chi connectivity index (χ0v) is 11.5. The summed E-state index contributed by atoms with van der Waals surface area (Å²) < 4.78 is 22.0. The third-order valence-corrected chi connectivity index (χ3v) is 4.12. The van der Waals surface area contributed by atoms with E-state index >= 15 is 0 Å². The van der Waals surface area contributed by atoms with Gasteiger partial charge in [-0.3, -0.25) is 19.5 Å². The SMILES string of the molecule is CCOP(=O)(OCC)C(=O)c1ccc([N+](=O)[O-])cc1. The Hall–Kier alpha value is -1.56. The fraction of sp³-hybridized carbons (Fsp3) is 0.364. The molecule has 8 heteroatoms. The predicted octanol–water partition coefficient (Wildman–Crippen LogP) is 3.00. The quantitative estimate of drug-likeness (QED) is 0.434. The maximum atomic E-state index is 12.2. The van der Waals surface area contributed by atoms with Gasteiger partial charge < -0.3 is 9.05 Å². The number of non-ortho nitro benzene ring substituents is 1. The molecule has 0 aromatic heterocycles. The molecule has 0 saturated heterocycles. The van der Waals surface area contributed by atoms with Crippen molar-refractivity contribution in [1.29, 1.82) is 0 Å². The summed E-state index contributed by atoms with van der Waals surface area (Å²) in [5.74, 6) is 0. The highest BCUT2D eigenvalue weighted by Crippen LogP contribution is 2.51. The van der Waals surface area contributed by atoms with Crippen LogP contribution in [0.15, 0.2) is 24.3 Å². The second-order valence-electron chi connectivity index (χ2n) is 3.44. The van der Waals surface area contributed by atoms with Crippen LogP contribution >= 0.6 is 7.60 Å². The fourth-order valence-corrected chi connectivity index (χ4v) is 2.83. The molecule has 0 bridgehead atoms. The summed E-state index contributed by atoms with van der Waals surface area (Å²) in [4.78, 5) is 22.0. The molecule has 0 aliphatic rings. The van der Waals surface area contributed by atoms with Gasteiger partial charge in [-0.2, -0.15) is 0 Å². The monoisotopic (exact) mass is 287 g/mol. The third kappa shape index (κ3) is 3.70. The predicted molar refractivity (Wildman–Crippen MR) is 68.3 cm³/mol. The summed E-state index contributed by atoms with van der Waals surface area (Å²) in [6, 6.07) is 4.78. The standard InChI is InChI=1S/C11H14NO6P/c1-3-17-19(16,18-4-2)11(13)9-5-7-10(8-6-9)12(14)15/h5-8H,3-4H2,1-2H3. The van der Waals surface area contributed by atoms with Crippen molar-refractivity contribution in [1.82, 2.24) is 0 Å². The lowest BCUT2D eigenvalue weighted by Crippen LogP contribution is -2.07. The first kappa shape index (κ1) is 15.5. The molecule has 0 aliphatic carbocycles. The molecule has 0 spiro atoms. The van der Waals surface area contributed by atoms with E-state index in [0.29, 0.717) is 0 Å². The number of nitro benzene ring substituents is 1. The Balaban J connectivity index is 3.03. The second kappa shape index (κ2) is 6.56. The van der Waals surface area contributed by atoms with Crippen molar-refractivity contribution in [3.8, 4) is 0 Å². The molecule has 0 radical (unpaired) electrons. The van der Waals surface area contributed by atoms with Crippen LogP contribution in [0.4, 0.5) is 5.69 Å². The van der Waals surface area contributed by atoms with Crippen LogP contribution in [0, 0.1) is 10.1 Å². The average Bonchev–Trinajstić information content (AvgIpc) is 2.38. The van der Waals surface area contributed by atoms with E-state index in [1.807, 2.05) is 0 Å². The zero-order chi connectivity index (χ0) is 14.5. The Morgan fingerprint density at radius 2 is 1.68 bits per heavy atom. The van der Waals surface area contributed by atoms with Crippen LogP contribution in [0.1, 0.15) is 24.2 Å². The molecule has 104 valence electrons. The Morgan fingerprint density at radius 1 is 1.21 bits per heavy atom. The molecule has 1 rings (SSSR count). The summed E-state index contributed by atoms with van der Waals surface area (Å²) >= 11 is 0. The Kier molecular flexibility index (Phi) is 5.35. The summed E-state index contributed by atoms with van der Waals surface area (Å²) in [6.07, 6.45) is 0. The summed E-state index contributed by atoms with van der Waals surface area (Å²) in [7, 11) is -3.88. The van der Waals surface area contributed by atoms with Gasteiger partial charge >= 0.3 is 7.60 Å². The molecule has 0 fully saturated rings. The van der Waals surface area contributed by atoms with E-state index in [2.05, 4.69) is 0 Å². The molecular formula is C11H14NO6P. The van der Waals surface area contributed by atoms with Gasteiger partial charge in [0, 0.05) is 17.7 Å². The van der Waals surface area contributed by atoms with E-state index < -0.39 is 18.0 Å². The molecule has 1 aromatic rings. The highest BCUT2D eigenvalue weighted by Gasteiger charge is 2.35. The molecule has 0 atom stereocenters. The van der Waals surface area contributed by atoms with E-state index in [9.17, 15) is 19.5 Å². The van der Waals surface area contributed by atoms with Crippen LogP contribution < -0.4 is 0 Å². The minimum atomic E-state index is -3.88. The number of hydrogen-bond acceptors (Lipinski definition) is 6. The van der Waals surface area contributed by atoms with Crippen molar-refractivity contribution in [2.24, 2.45) is 0 Å². The maximum absolute atomic E-state index is 12.2. The largest absolute Gasteiger partial charge is 0.401 e. The van der Waals surface area contributed by atoms with Crippen molar-refractivity contribution in [3.05, 3.63) is 39.9 Å². The molecule has 7 nitrogen and oxygen atoms in total. The van der Waals surface area contributed by atoms with Gasteiger partial charge in [-0.1, -0.05) is 0 Å². The Morgan fingerprint density at radius 3 is 2.05 bits per heavy atom. The maximum Gasteiger partial charge on any atom is 0.401 e. The van der Waals surface area contributed by atoms with Crippen molar-refractivity contribution in [3.63, 3.8) is 0 Å². The molecule has 0 N–H and O–H groups in total. The number of hydrogen-bond donors (Lipinski definition) is 0. The minimum absolute atomic E-state index is 0.0517. The molecule has 0 aliphatic heterocycles. The van der Waals surface area contributed by atoms with Crippen LogP contribution in [0.25, 0.3) is 0 Å². The number of carbonyl (C=O) groups excluding carboxylic acids is 1. The highest BCUT2D eigenvalue weighted by molar-refractivity contribution is 7.72. The van der Waals surface area contributed by atoms with E-state index in [0.717, 1.165) is 12.1 Å². The van der Waals surface area contributed by atoms with E-state index in [1.165, 1.54) is 12.1 Å². The number of benzene rings is 1. The van der Waals surface area contributed by atoms with Gasteiger partial charge in [-0.15, -0.1) is 0 Å². The Labute approximate surface area is 110 Å². The van der Waals surface area contributed by atoms with Crippen LogP contribution in [-0.4, -0.2) is 23.7 Å². The minimum Gasteiger partial charge on any atom is -0.303 e. The van der Waals surface area contributed by atoms with Gasteiger partial charge in [-0.25, -0.2) is 0 Å². The zero-order valence-electron chi connectivity index (χ0n) is 10.6. The summed E-state index contributed by atoms with van der Waals surface area (Å²) in [6.45, 7) is 3.32. The average molecular weight is 287 g/mol. The lowest BCUT2D eigenvalue weighted by molar-refractivity contribution is -0.384. The molecule has 0 unspecified atom stereocenters. The smallest absolute Gasteiger partial charge is 0.303 e. The third-order valence-electron chi connectivity index (χ3n) is 2.17. The van der Waals surface area contributed by atoms with E-state index in [1.54, 1.807) is 13.8 Å². The second-order valence-corrected chi connectivity index (χ2v) is 5.36. The number of nitrogens with zero attached hydrogens (tertiary/aromatic N) is 1. The van der Waals surface area contributed by atoms with Crippen molar-refractivity contribution >= 4 is 18.8 Å².